The van der Waals surface area contributed by atoms with Crippen LogP contribution in [0, 0.1) is 19.7 Å². The van der Waals surface area contributed by atoms with E-state index < -0.39 is 0 Å². The van der Waals surface area contributed by atoms with Crippen molar-refractivity contribution in [3.8, 4) is 0 Å². The largest absolute Gasteiger partial charge is 0.205 e. The van der Waals surface area contributed by atoms with Crippen molar-refractivity contribution in [1.29, 1.82) is 0 Å². The number of rotatable bonds is 0. The third-order valence-corrected chi connectivity index (χ3v) is 2.64. The molecule has 0 fully saturated rings. The maximum Gasteiger partial charge on any atom is 0.139 e. The quantitative estimate of drug-likeness (QED) is 0.574. The molecule has 0 saturated carbocycles. The molecule has 11 heavy (non-hydrogen) atoms. The summed E-state index contributed by atoms with van der Waals surface area (Å²) in [6.07, 6.45) is 0. The van der Waals surface area contributed by atoms with Gasteiger partial charge >= 0.3 is 0 Å². The van der Waals surface area contributed by atoms with Crippen molar-refractivity contribution in [3.63, 3.8) is 0 Å². The van der Waals surface area contributed by atoms with E-state index in [1.54, 1.807) is 19.9 Å². The number of halogens is 1. The van der Waals surface area contributed by atoms with Gasteiger partial charge in [0, 0.05) is 9.79 Å². The zero-order valence-electron chi connectivity index (χ0n) is 6.35. The first-order valence-corrected chi connectivity index (χ1v) is 4.11. The molecule has 0 aliphatic rings. The van der Waals surface area contributed by atoms with E-state index >= 15 is 0 Å². The van der Waals surface area contributed by atoms with Crippen LogP contribution >= 0.6 is 25.3 Å². The van der Waals surface area contributed by atoms with Gasteiger partial charge in [-0.3, -0.25) is 0 Å². The number of hydrogen-bond donors (Lipinski definition) is 2. The third-order valence-electron chi connectivity index (χ3n) is 1.65. The molecule has 0 aromatic heterocycles. The molecular formula is C8H9FS2. The lowest BCUT2D eigenvalue weighted by Crippen LogP contribution is -1.89. The van der Waals surface area contributed by atoms with Crippen LogP contribution in [0.1, 0.15) is 11.1 Å². The molecule has 0 heterocycles. The van der Waals surface area contributed by atoms with Crippen LogP contribution < -0.4 is 0 Å². The fourth-order valence-electron chi connectivity index (χ4n) is 0.849. The first-order valence-electron chi connectivity index (χ1n) is 3.21. The average Bonchev–Trinajstić information content (AvgIpc) is 1.97. The van der Waals surface area contributed by atoms with Crippen molar-refractivity contribution in [2.24, 2.45) is 0 Å². The lowest BCUT2D eigenvalue weighted by molar-refractivity contribution is 0.588. The topological polar surface area (TPSA) is 0 Å². The van der Waals surface area contributed by atoms with Crippen molar-refractivity contribution >= 4 is 25.3 Å². The monoisotopic (exact) mass is 188 g/mol. The van der Waals surface area contributed by atoms with Gasteiger partial charge in [-0.2, -0.15) is 0 Å². The predicted molar refractivity (Wildman–Crippen MR) is 50.4 cm³/mol. The minimum absolute atomic E-state index is 0.247. The van der Waals surface area contributed by atoms with Crippen LogP contribution in [0.15, 0.2) is 15.9 Å². The van der Waals surface area contributed by atoms with Crippen LogP contribution in [-0.4, -0.2) is 0 Å². The van der Waals surface area contributed by atoms with Crippen molar-refractivity contribution in [2.75, 3.05) is 0 Å². The van der Waals surface area contributed by atoms with E-state index in [2.05, 4.69) is 25.3 Å². The van der Waals surface area contributed by atoms with Crippen LogP contribution in [0.2, 0.25) is 0 Å². The van der Waals surface area contributed by atoms with Gasteiger partial charge in [-0.1, -0.05) is 0 Å². The maximum absolute atomic E-state index is 13.1. The van der Waals surface area contributed by atoms with Gasteiger partial charge in [-0.25, -0.2) is 4.39 Å². The Morgan fingerprint density at radius 2 is 1.82 bits per heavy atom. The Balaban J connectivity index is 3.46. The van der Waals surface area contributed by atoms with E-state index in [4.69, 9.17) is 0 Å². The van der Waals surface area contributed by atoms with Crippen molar-refractivity contribution in [3.05, 3.63) is 23.0 Å². The molecule has 0 radical (unpaired) electrons. The molecular weight excluding hydrogens is 179 g/mol. The highest BCUT2D eigenvalue weighted by molar-refractivity contribution is 7.81. The normalized spacial score (nSPS) is 10.3. The highest BCUT2D eigenvalue weighted by Crippen LogP contribution is 2.26. The molecule has 0 saturated heterocycles. The van der Waals surface area contributed by atoms with Crippen LogP contribution in [0.3, 0.4) is 0 Å². The van der Waals surface area contributed by atoms with Crippen LogP contribution in [0.4, 0.5) is 4.39 Å². The minimum Gasteiger partial charge on any atom is -0.205 e. The fraction of sp³-hybridized carbons (Fsp3) is 0.250. The molecule has 0 aliphatic heterocycles. The third kappa shape index (κ3) is 1.54. The second kappa shape index (κ2) is 3.07. The average molecular weight is 188 g/mol. The first kappa shape index (κ1) is 8.94. The van der Waals surface area contributed by atoms with E-state index in [-0.39, 0.29) is 5.82 Å². The Hall–Kier alpha value is -0.150. The smallest absolute Gasteiger partial charge is 0.139 e. The summed E-state index contributed by atoms with van der Waals surface area (Å²) in [6.45, 7) is 3.50. The summed E-state index contributed by atoms with van der Waals surface area (Å²) in [7, 11) is 0. The molecule has 0 atom stereocenters. The standard InChI is InChI=1S/C8H9FS2/c1-4-3-6(10)5(2)8(11)7(4)9/h3,10-11H,1-2H3. The van der Waals surface area contributed by atoms with Gasteiger partial charge in [0.2, 0.25) is 0 Å². The Morgan fingerprint density at radius 1 is 1.27 bits per heavy atom. The van der Waals surface area contributed by atoms with E-state index in [9.17, 15) is 4.39 Å². The second-order valence-electron chi connectivity index (χ2n) is 2.50. The van der Waals surface area contributed by atoms with Crippen LogP contribution in [-0.2, 0) is 0 Å². The molecule has 1 aromatic carbocycles. The van der Waals surface area contributed by atoms with Gasteiger partial charge in [0.05, 0.1) is 0 Å². The van der Waals surface area contributed by atoms with Gasteiger partial charge in [0.15, 0.2) is 0 Å². The Morgan fingerprint density at radius 3 is 2.36 bits per heavy atom. The zero-order valence-corrected chi connectivity index (χ0v) is 8.14. The summed E-state index contributed by atoms with van der Waals surface area (Å²) >= 11 is 8.20. The molecule has 0 N–H and O–H groups in total. The molecule has 60 valence electrons. The van der Waals surface area contributed by atoms with Gasteiger partial charge in [0.25, 0.3) is 0 Å². The van der Waals surface area contributed by atoms with Crippen molar-refractivity contribution < 1.29 is 4.39 Å². The van der Waals surface area contributed by atoms with Gasteiger partial charge in [-0.05, 0) is 31.0 Å². The van der Waals surface area contributed by atoms with Crippen LogP contribution in [0.5, 0.6) is 0 Å². The lowest BCUT2D eigenvalue weighted by atomic mass is 10.1. The van der Waals surface area contributed by atoms with E-state index in [0.29, 0.717) is 10.5 Å². The van der Waals surface area contributed by atoms with Gasteiger partial charge in [-0.15, -0.1) is 25.3 Å². The highest BCUT2D eigenvalue weighted by Gasteiger charge is 2.07. The van der Waals surface area contributed by atoms with Crippen molar-refractivity contribution in [2.45, 2.75) is 23.6 Å². The van der Waals surface area contributed by atoms with E-state index in [1.807, 2.05) is 0 Å². The summed E-state index contributed by atoms with van der Waals surface area (Å²) < 4.78 is 13.1. The SMILES string of the molecule is Cc1cc(S)c(C)c(S)c1F. The molecule has 0 amide bonds. The van der Waals surface area contributed by atoms with Crippen molar-refractivity contribution in [1.82, 2.24) is 0 Å². The molecule has 0 aliphatic carbocycles. The zero-order chi connectivity index (χ0) is 8.59. The molecule has 1 aromatic rings. The number of hydrogen-bond acceptors (Lipinski definition) is 2. The number of thiol groups is 2. The maximum atomic E-state index is 13.1. The summed E-state index contributed by atoms with van der Waals surface area (Å²) in [5.74, 6) is -0.247. The molecule has 1 rings (SSSR count). The fourth-order valence-corrected chi connectivity index (χ4v) is 1.54. The molecule has 3 heteroatoms. The van der Waals surface area contributed by atoms with Gasteiger partial charge < -0.3 is 0 Å². The molecule has 0 bridgehead atoms. The summed E-state index contributed by atoms with van der Waals surface area (Å²) in [6, 6.07) is 1.70. The summed E-state index contributed by atoms with van der Waals surface area (Å²) in [5.41, 5.74) is 1.38. The first-order chi connectivity index (χ1) is 5.04. The Kier molecular flexibility index (Phi) is 2.50. The lowest BCUT2D eigenvalue weighted by Gasteiger charge is -2.06. The van der Waals surface area contributed by atoms with Gasteiger partial charge in [0.1, 0.15) is 5.82 Å². The Bertz CT molecular complexity index is 268. The highest BCUT2D eigenvalue weighted by atomic mass is 32.1. The summed E-state index contributed by atoms with van der Waals surface area (Å²) in [5, 5.41) is 0. The summed E-state index contributed by atoms with van der Waals surface area (Å²) in [4.78, 5) is 1.18. The Labute approximate surface area is 76.6 Å². The molecule has 0 spiro atoms. The predicted octanol–water partition coefficient (Wildman–Crippen LogP) is 3.02. The number of aryl methyl sites for hydroxylation is 1. The number of benzene rings is 1. The van der Waals surface area contributed by atoms with E-state index in [0.717, 1.165) is 10.5 Å². The second-order valence-corrected chi connectivity index (χ2v) is 3.43. The molecule has 0 nitrogen and oxygen atoms in total. The van der Waals surface area contributed by atoms with E-state index in [1.165, 1.54) is 0 Å². The minimum atomic E-state index is -0.247. The van der Waals surface area contributed by atoms with Crippen LogP contribution in [0.25, 0.3) is 0 Å². The molecule has 0 unspecified atom stereocenters.